The van der Waals surface area contributed by atoms with Gasteiger partial charge in [0.2, 0.25) is 15.9 Å². The van der Waals surface area contributed by atoms with Gasteiger partial charge in [-0.1, -0.05) is 45.0 Å². The Morgan fingerprint density at radius 1 is 0.889 bits per heavy atom. The van der Waals surface area contributed by atoms with Crippen molar-refractivity contribution < 1.29 is 22.7 Å². The largest absolute Gasteiger partial charge is 0.497 e. The number of benzene rings is 3. The van der Waals surface area contributed by atoms with Crippen LogP contribution in [0.2, 0.25) is 0 Å². The van der Waals surface area contributed by atoms with Crippen molar-refractivity contribution in [1.29, 1.82) is 0 Å². The van der Waals surface area contributed by atoms with Gasteiger partial charge in [-0.15, -0.1) is 0 Å². The Balaban J connectivity index is 1.70. The number of anilines is 3. The summed E-state index contributed by atoms with van der Waals surface area (Å²) in [6, 6.07) is 20.5. The minimum Gasteiger partial charge on any atom is -0.497 e. The quantitative estimate of drug-likeness (QED) is 0.460. The average Bonchev–Trinajstić information content (AvgIpc) is 2.81. The van der Waals surface area contributed by atoms with Gasteiger partial charge in [0.25, 0.3) is 5.91 Å². The summed E-state index contributed by atoms with van der Waals surface area (Å²) in [5.41, 5.74) is 2.84. The van der Waals surface area contributed by atoms with Gasteiger partial charge in [-0.05, 0) is 53.4 Å². The molecule has 0 radical (unpaired) electrons. The third kappa shape index (κ3) is 7.08. The standard InChI is InChI=1S/C27H31N3O5S/c1-27(2,3)20-14-12-19(13-15-20)26(32)29-22-9-6-8-21(16-22)28-25(31)18-30(36(5,33)34)23-10-7-11-24(17-23)35-4/h6-17H,18H2,1-5H3,(H,28,31)(H,29,32). The van der Waals surface area contributed by atoms with Crippen LogP contribution in [0, 0.1) is 0 Å². The van der Waals surface area contributed by atoms with Crippen LogP contribution >= 0.6 is 0 Å². The lowest BCUT2D eigenvalue weighted by Gasteiger charge is -2.22. The molecule has 0 saturated heterocycles. The van der Waals surface area contributed by atoms with Gasteiger partial charge in [-0.2, -0.15) is 0 Å². The van der Waals surface area contributed by atoms with Crippen LogP contribution in [-0.2, 0) is 20.2 Å². The van der Waals surface area contributed by atoms with Crippen molar-refractivity contribution >= 4 is 38.9 Å². The Morgan fingerprint density at radius 2 is 1.50 bits per heavy atom. The molecule has 8 nitrogen and oxygen atoms in total. The van der Waals surface area contributed by atoms with Crippen molar-refractivity contribution in [3.8, 4) is 5.75 Å². The maximum atomic E-state index is 12.7. The summed E-state index contributed by atoms with van der Waals surface area (Å²) in [7, 11) is -2.26. The van der Waals surface area contributed by atoms with Crippen molar-refractivity contribution in [1.82, 2.24) is 0 Å². The van der Waals surface area contributed by atoms with E-state index in [2.05, 4.69) is 31.4 Å². The van der Waals surface area contributed by atoms with E-state index >= 15 is 0 Å². The number of ether oxygens (including phenoxy) is 1. The van der Waals surface area contributed by atoms with Crippen LogP contribution in [0.15, 0.2) is 72.8 Å². The molecule has 2 amide bonds. The molecule has 3 aromatic carbocycles. The van der Waals surface area contributed by atoms with Crippen LogP contribution in [0.3, 0.4) is 0 Å². The highest BCUT2D eigenvalue weighted by Crippen LogP contribution is 2.24. The molecule has 0 aliphatic rings. The lowest BCUT2D eigenvalue weighted by Crippen LogP contribution is -2.37. The molecule has 36 heavy (non-hydrogen) atoms. The second kappa shape index (κ2) is 10.8. The first-order chi connectivity index (χ1) is 16.9. The van der Waals surface area contributed by atoms with Crippen LogP contribution in [0.25, 0.3) is 0 Å². The zero-order chi connectivity index (χ0) is 26.5. The number of nitrogens with zero attached hydrogens (tertiary/aromatic N) is 1. The summed E-state index contributed by atoms with van der Waals surface area (Å²) in [5, 5.41) is 5.52. The first-order valence-electron chi connectivity index (χ1n) is 11.3. The fourth-order valence-corrected chi connectivity index (χ4v) is 4.34. The molecule has 190 valence electrons. The second-order valence-electron chi connectivity index (χ2n) is 9.38. The molecule has 0 aromatic heterocycles. The van der Waals surface area contributed by atoms with Crippen LogP contribution in [-0.4, -0.2) is 40.1 Å². The van der Waals surface area contributed by atoms with Gasteiger partial charge in [0.1, 0.15) is 12.3 Å². The fourth-order valence-electron chi connectivity index (χ4n) is 3.50. The Hall–Kier alpha value is -3.85. The minimum absolute atomic E-state index is 0.0131. The summed E-state index contributed by atoms with van der Waals surface area (Å²) in [4.78, 5) is 25.4. The number of methoxy groups -OCH3 is 1. The van der Waals surface area contributed by atoms with Crippen molar-refractivity contribution in [2.24, 2.45) is 0 Å². The van der Waals surface area contributed by atoms with Crippen LogP contribution in [0.1, 0.15) is 36.7 Å². The number of rotatable bonds is 8. The molecule has 9 heteroatoms. The molecule has 0 saturated carbocycles. The number of nitrogens with one attached hydrogen (secondary N) is 2. The number of sulfonamides is 1. The summed E-state index contributed by atoms with van der Waals surface area (Å²) in [6.07, 6.45) is 1.03. The van der Waals surface area contributed by atoms with E-state index < -0.39 is 22.5 Å². The van der Waals surface area contributed by atoms with Crippen molar-refractivity contribution in [3.63, 3.8) is 0 Å². The molecule has 3 rings (SSSR count). The van der Waals surface area contributed by atoms with Crippen molar-refractivity contribution in [2.45, 2.75) is 26.2 Å². The molecule has 0 spiro atoms. The first kappa shape index (κ1) is 26.7. The molecule has 0 heterocycles. The first-order valence-corrected chi connectivity index (χ1v) is 13.2. The summed E-state index contributed by atoms with van der Waals surface area (Å²) < 4.78 is 30.9. The third-order valence-electron chi connectivity index (χ3n) is 5.45. The Labute approximate surface area is 212 Å². The van der Waals surface area contributed by atoms with Gasteiger partial charge in [-0.25, -0.2) is 8.42 Å². The number of hydrogen-bond donors (Lipinski definition) is 2. The van der Waals surface area contributed by atoms with E-state index in [1.165, 1.54) is 7.11 Å². The zero-order valence-corrected chi connectivity index (χ0v) is 21.8. The molecule has 0 bridgehead atoms. The van der Waals surface area contributed by atoms with Gasteiger partial charge in [0, 0.05) is 23.0 Å². The highest BCUT2D eigenvalue weighted by molar-refractivity contribution is 7.92. The minimum atomic E-state index is -3.74. The van der Waals surface area contributed by atoms with Gasteiger partial charge in [0.05, 0.1) is 19.1 Å². The molecule has 0 aliphatic heterocycles. The Kier molecular flexibility index (Phi) is 8.04. The van der Waals surface area contributed by atoms with Crippen LogP contribution in [0.5, 0.6) is 5.75 Å². The van der Waals surface area contributed by atoms with Gasteiger partial charge in [-0.3, -0.25) is 13.9 Å². The number of hydrogen-bond acceptors (Lipinski definition) is 5. The molecular weight excluding hydrogens is 478 g/mol. The normalized spacial score (nSPS) is 11.5. The topological polar surface area (TPSA) is 105 Å². The monoisotopic (exact) mass is 509 g/mol. The SMILES string of the molecule is COc1cccc(N(CC(=O)Nc2cccc(NC(=O)c3ccc(C(C)(C)C)cc3)c2)S(C)(=O)=O)c1. The van der Waals surface area contributed by atoms with Crippen molar-refractivity contribution in [3.05, 3.63) is 83.9 Å². The fraction of sp³-hybridized carbons (Fsp3) is 0.259. The van der Waals surface area contributed by atoms with E-state index in [1.807, 2.05) is 12.1 Å². The lowest BCUT2D eigenvalue weighted by atomic mass is 9.87. The van der Waals surface area contributed by atoms with E-state index in [9.17, 15) is 18.0 Å². The molecule has 0 atom stereocenters. The third-order valence-corrected chi connectivity index (χ3v) is 6.59. The van der Waals surface area contributed by atoms with Gasteiger partial charge < -0.3 is 15.4 Å². The maximum absolute atomic E-state index is 12.7. The number of carbonyl (C=O) groups is 2. The predicted octanol–water partition coefficient (Wildman–Crippen LogP) is 4.65. The highest BCUT2D eigenvalue weighted by atomic mass is 32.2. The van der Waals surface area contributed by atoms with Crippen LogP contribution < -0.4 is 19.7 Å². The molecule has 0 aliphatic carbocycles. The lowest BCUT2D eigenvalue weighted by molar-refractivity contribution is -0.114. The van der Waals surface area contributed by atoms with E-state index in [0.717, 1.165) is 16.1 Å². The molecule has 3 aromatic rings. The predicted molar refractivity (Wildman–Crippen MR) is 143 cm³/mol. The Bertz CT molecular complexity index is 1350. The van der Waals surface area contributed by atoms with E-state index in [-0.39, 0.29) is 11.3 Å². The van der Waals surface area contributed by atoms with Gasteiger partial charge >= 0.3 is 0 Å². The second-order valence-corrected chi connectivity index (χ2v) is 11.3. The number of amides is 2. The van der Waals surface area contributed by atoms with E-state index in [0.29, 0.717) is 28.4 Å². The summed E-state index contributed by atoms with van der Waals surface area (Å²) >= 11 is 0. The highest BCUT2D eigenvalue weighted by Gasteiger charge is 2.21. The smallest absolute Gasteiger partial charge is 0.255 e. The molecular formula is C27H31N3O5S. The molecule has 0 fully saturated rings. The average molecular weight is 510 g/mol. The summed E-state index contributed by atoms with van der Waals surface area (Å²) in [6.45, 7) is 5.89. The van der Waals surface area contributed by atoms with Crippen molar-refractivity contribution in [2.75, 3.05) is 34.8 Å². The maximum Gasteiger partial charge on any atom is 0.255 e. The number of carbonyl (C=O) groups excluding carboxylic acids is 2. The van der Waals surface area contributed by atoms with E-state index in [1.54, 1.807) is 60.7 Å². The summed E-state index contributed by atoms with van der Waals surface area (Å²) in [5.74, 6) is -0.345. The van der Waals surface area contributed by atoms with Crippen LogP contribution in [0.4, 0.5) is 17.1 Å². The molecule has 0 unspecified atom stereocenters. The molecule has 2 N–H and O–H groups in total. The van der Waals surface area contributed by atoms with Gasteiger partial charge in [0.15, 0.2) is 0 Å². The van der Waals surface area contributed by atoms with E-state index in [4.69, 9.17) is 4.74 Å². The zero-order valence-electron chi connectivity index (χ0n) is 21.0. The Morgan fingerprint density at radius 3 is 2.08 bits per heavy atom.